The van der Waals surface area contributed by atoms with Crippen molar-refractivity contribution < 1.29 is 4.79 Å². The predicted molar refractivity (Wildman–Crippen MR) is 72.1 cm³/mol. The molecule has 0 radical (unpaired) electrons. The smallest absolute Gasteiger partial charge is 0.271 e. The van der Waals surface area contributed by atoms with Crippen LogP contribution in [0.25, 0.3) is 0 Å². The molecule has 1 aromatic carbocycles. The Kier molecular flexibility index (Phi) is 3.17. The van der Waals surface area contributed by atoms with E-state index >= 15 is 0 Å². The number of benzene rings is 1. The molecule has 3 rings (SSSR count). The molecular weight excluding hydrogens is 262 g/mol. The Labute approximate surface area is 115 Å². The van der Waals surface area contributed by atoms with E-state index in [-0.39, 0.29) is 17.1 Å². The van der Waals surface area contributed by atoms with Gasteiger partial charge in [-0.25, -0.2) is 9.97 Å². The van der Waals surface area contributed by atoms with Crippen LogP contribution in [0.3, 0.4) is 0 Å². The first-order valence-corrected chi connectivity index (χ1v) is 6.45. The number of carbonyl (C=O) groups is 1. The summed E-state index contributed by atoms with van der Waals surface area (Å²) in [4.78, 5) is 19.7. The van der Waals surface area contributed by atoms with Crippen LogP contribution in [-0.2, 0) is 0 Å². The number of hydrogen-bond donors (Lipinski definition) is 1. The van der Waals surface area contributed by atoms with Gasteiger partial charge in [0, 0.05) is 12.0 Å². The van der Waals surface area contributed by atoms with E-state index in [0.717, 1.165) is 6.42 Å². The van der Waals surface area contributed by atoms with Crippen molar-refractivity contribution >= 4 is 17.5 Å². The number of rotatable bonds is 3. The number of hydrogen-bond acceptors (Lipinski definition) is 3. The third-order valence-corrected chi connectivity index (χ3v) is 3.38. The summed E-state index contributed by atoms with van der Waals surface area (Å²) < 4.78 is 0. The van der Waals surface area contributed by atoms with Crippen LogP contribution in [0.1, 0.15) is 28.4 Å². The second-order valence-electron chi connectivity index (χ2n) is 4.56. The summed E-state index contributed by atoms with van der Waals surface area (Å²) in [7, 11) is 0. The molecule has 4 nitrogen and oxygen atoms in total. The Hall–Kier alpha value is -1.94. The van der Waals surface area contributed by atoms with Crippen LogP contribution in [0, 0.1) is 0 Å². The third kappa shape index (κ3) is 2.74. The lowest BCUT2D eigenvalue weighted by atomic mass is 10.1. The van der Waals surface area contributed by atoms with E-state index in [1.165, 1.54) is 18.0 Å². The Balaban J connectivity index is 1.62. The van der Waals surface area contributed by atoms with E-state index in [1.54, 1.807) is 0 Å². The number of halogens is 1. The van der Waals surface area contributed by atoms with Gasteiger partial charge in [0.15, 0.2) is 0 Å². The SMILES string of the molecule is O=C(NC1CC1c1ccccc1)c1cnc(Cl)cn1. The van der Waals surface area contributed by atoms with Gasteiger partial charge in [0.05, 0.1) is 12.4 Å². The van der Waals surface area contributed by atoms with Gasteiger partial charge in [-0.15, -0.1) is 0 Å². The van der Waals surface area contributed by atoms with Crippen molar-refractivity contribution in [3.05, 3.63) is 59.1 Å². The molecule has 5 heteroatoms. The largest absolute Gasteiger partial charge is 0.347 e. The van der Waals surface area contributed by atoms with Crippen molar-refractivity contribution in [3.8, 4) is 0 Å². The molecular formula is C14H12ClN3O. The molecule has 1 amide bonds. The molecule has 2 atom stereocenters. The van der Waals surface area contributed by atoms with Gasteiger partial charge in [-0.05, 0) is 12.0 Å². The van der Waals surface area contributed by atoms with Gasteiger partial charge in [-0.3, -0.25) is 4.79 Å². The zero-order chi connectivity index (χ0) is 13.2. The van der Waals surface area contributed by atoms with E-state index in [4.69, 9.17) is 11.6 Å². The predicted octanol–water partition coefficient (Wildman–Crippen LogP) is 2.42. The van der Waals surface area contributed by atoms with Gasteiger partial charge >= 0.3 is 0 Å². The molecule has 0 bridgehead atoms. The number of nitrogens with zero attached hydrogens (tertiary/aromatic N) is 2. The standard InChI is InChI=1S/C14H12ClN3O/c15-13-8-16-12(7-17-13)14(19)18-11-6-10(11)9-4-2-1-3-5-9/h1-5,7-8,10-11H,6H2,(H,18,19). The fourth-order valence-electron chi connectivity index (χ4n) is 2.10. The fourth-order valence-corrected chi connectivity index (χ4v) is 2.19. The molecule has 2 unspecified atom stereocenters. The van der Waals surface area contributed by atoms with Crippen LogP contribution in [0.4, 0.5) is 0 Å². The summed E-state index contributed by atoms with van der Waals surface area (Å²) in [5.41, 5.74) is 1.55. The van der Waals surface area contributed by atoms with Gasteiger partial charge < -0.3 is 5.32 Å². The summed E-state index contributed by atoms with van der Waals surface area (Å²) in [5, 5.41) is 3.24. The first-order chi connectivity index (χ1) is 9.24. The minimum absolute atomic E-state index is 0.187. The maximum Gasteiger partial charge on any atom is 0.271 e. The molecule has 1 heterocycles. The topological polar surface area (TPSA) is 54.9 Å². The zero-order valence-electron chi connectivity index (χ0n) is 10.1. The second-order valence-corrected chi connectivity index (χ2v) is 4.94. The quantitative estimate of drug-likeness (QED) is 0.934. The van der Waals surface area contributed by atoms with E-state index in [1.807, 2.05) is 18.2 Å². The molecule has 19 heavy (non-hydrogen) atoms. The van der Waals surface area contributed by atoms with E-state index < -0.39 is 0 Å². The normalized spacial score (nSPS) is 20.9. The summed E-state index contributed by atoms with van der Waals surface area (Å²) in [5.74, 6) is 0.206. The summed E-state index contributed by atoms with van der Waals surface area (Å²) in [6, 6.07) is 10.4. The van der Waals surface area contributed by atoms with Crippen LogP contribution in [0.2, 0.25) is 5.15 Å². The van der Waals surface area contributed by atoms with E-state index in [2.05, 4.69) is 27.4 Å². The maximum atomic E-state index is 11.9. The maximum absolute atomic E-state index is 11.9. The number of amides is 1. The molecule has 1 N–H and O–H groups in total. The van der Waals surface area contributed by atoms with Gasteiger partial charge in [0.2, 0.25) is 0 Å². The van der Waals surface area contributed by atoms with Gasteiger partial charge in [0.25, 0.3) is 5.91 Å². The molecule has 1 saturated carbocycles. The number of carbonyl (C=O) groups excluding carboxylic acids is 1. The number of aromatic nitrogens is 2. The summed E-state index contributed by atoms with van der Waals surface area (Å²) in [6.07, 6.45) is 3.73. The Morgan fingerprint density at radius 3 is 2.68 bits per heavy atom. The first-order valence-electron chi connectivity index (χ1n) is 6.07. The molecule has 1 aromatic heterocycles. The lowest BCUT2D eigenvalue weighted by Crippen LogP contribution is -2.27. The van der Waals surface area contributed by atoms with Crippen molar-refractivity contribution in [1.29, 1.82) is 0 Å². The van der Waals surface area contributed by atoms with Crippen LogP contribution < -0.4 is 5.32 Å². The van der Waals surface area contributed by atoms with Crippen molar-refractivity contribution in [2.75, 3.05) is 0 Å². The summed E-state index contributed by atoms with van der Waals surface area (Å²) in [6.45, 7) is 0. The Morgan fingerprint density at radius 2 is 2.00 bits per heavy atom. The lowest BCUT2D eigenvalue weighted by molar-refractivity contribution is 0.0945. The fraction of sp³-hybridized carbons (Fsp3) is 0.214. The third-order valence-electron chi connectivity index (χ3n) is 3.19. The zero-order valence-corrected chi connectivity index (χ0v) is 10.8. The van der Waals surface area contributed by atoms with Crippen LogP contribution in [0.5, 0.6) is 0 Å². The molecule has 2 aromatic rings. The van der Waals surface area contributed by atoms with E-state index in [0.29, 0.717) is 11.6 Å². The minimum atomic E-state index is -0.201. The second kappa shape index (κ2) is 4.97. The van der Waals surface area contributed by atoms with Gasteiger partial charge in [-0.1, -0.05) is 41.9 Å². The highest BCUT2D eigenvalue weighted by molar-refractivity contribution is 6.29. The molecule has 1 aliphatic carbocycles. The summed E-state index contributed by atoms with van der Waals surface area (Å²) >= 11 is 5.63. The van der Waals surface area contributed by atoms with Crippen molar-refractivity contribution in [2.45, 2.75) is 18.4 Å². The lowest BCUT2D eigenvalue weighted by Gasteiger charge is -2.04. The highest BCUT2D eigenvalue weighted by Crippen LogP contribution is 2.40. The van der Waals surface area contributed by atoms with E-state index in [9.17, 15) is 4.79 Å². The monoisotopic (exact) mass is 273 g/mol. The average molecular weight is 274 g/mol. The van der Waals surface area contributed by atoms with Crippen LogP contribution >= 0.6 is 11.6 Å². The molecule has 0 saturated heterocycles. The molecule has 0 aliphatic heterocycles. The highest BCUT2D eigenvalue weighted by Gasteiger charge is 2.39. The van der Waals surface area contributed by atoms with Crippen molar-refractivity contribution in [2.24, 2.45) is 0 Å². The first kappa shape index (κ1) is 12.1. The number of nitrogens with one attached hydrogen (secondary N) is 1. The van der Waals surface area contributed by atoms with Gasteiger partial charge in [-0.2, -0.15) is 0 Å². The molecule has 1 aliphatic rings. The highest BCUT2D eigenvalue weighted by atomic mass is 35.5. The Morgan fingerprint density at radius 1 is 1.21 bits per heavy atom. The van der Waals surface area contributed by atoms with Crippen molar-refractivity contribution in [3.63, 3.8) is 0 Å². The molecule has 96 valence electrons. The Bertz CT molecular complexity index is 585. The van der Waals surface area contributed by atoms with Crippen LogP contribution in [0.15, 0.2) is 42.7 Å². The van der Waals surface area contributed by atoms with Gasteiger partial charge in [0.1, 0.15) is 10.8 Å². The van der Waals surface area contributed by atoms with Crippen molar-refractivity contribution in [1.82, 2.24) is 15.3 Å². The average Bonchev–Trinajstić information content (AvgIpc) is 3.20. The van der Waals surface area contributed by atoms with Crippen LogP contribution in [-0.4, -0.2) is 21.9 Å². The molecule has 0 spiro atoms. The molecule has 1 fully saturated rings. The minimum Gasteiger partial charge on any atom is -0.347 e.